The van der Waals surface area contributed by atoms with Crippen LogP contribution in [0.3, 0.4) is 0 Å². The first kappa shape index (κ1) is 12.9. The van der Waals surface area contributed by atoms with Crippen molar-refractivity contribution in [2.75, 3.05) is 6.61 Å². The first-order chi connectivity index (χ1) is 6.47. The highest BCUT2D eigenvalue weighted by molar-refractivity contribution is 5.65. The topological polar surface area (TPSA) is 53.7 Å². The van der Waals surface area contributed by atoms with Crippen molar-refractivity contribution in [2.24, 2.45) is 5.11 Å². The zero-order valence-corrected chi connectivity index (χ0v) is 9.57. The van der Waals surface area contributed by atoms with Crippen LogP contribution in [0, 0.1) is 0 Å². The zero-order valence-electron chi connectivity index (χ0n) is 9.57. The second kappa shape index (κ2) is 6.34. The normalized spacial score (nSPS) is 12.1. The predicted octanol–water partition coefficient (Wildman–Crippen LogP) is 1.93. The maximum atomic E-state index is 11.1. The Labute approximate surface area is 85.1 Å². The molecule has 0 rings (SSSR count). The summed E-state index contributed by atoms with van der Waals surface area (Å²) in [5.74, 6) is 0. The van der Waals surface area contributed by atoms with Crippen LogP contribution in [0.5, 0.6) is 0 Å². The Morgan fingerprint density at radius 3 is 2.36 bits per heavy atom. The van der Waals surface area contributed by atoms with E-state index >= 15 is 0 Å². The molecule has 0 saturated carbocycles. The van der Waals surface area contributed by atoms with Gasteiger partial charge in [-0.15, -0.1) is 0 Å². The molecule has 0 spiro atoms. The molecule has 0 fully saturated rings. The van der Waals surface area contributed by atoms with Crippen LogP contribution in [0.4, 0.5) is 4.79 Å². The molecule has 0 unspecified atom stereocenters. The fraction of sp³-hybridized carbons (Fsp3) is 0.889. The molecule has 0 atom stereocenters. The molecule has 0 aliphatic heterocycles. The molecule has 0 aliphatic carbocycles. The van der Waals surface area contributed by atoms with Gasteiger partial charge >= 0.3 is 6.09 Å². The molecule has 0 aromatic rings. The second-order valence-corrected chi connectivity index (χ2v) is 3.48. The summed E-state index contributed by atoms with van der Waals surface area (Å²) >= 11 is 0. The SMILES string of the molecule is CCOC(=O)N[N+](=NC(C)C)C(C)C. The molecule has 1 N–H and O–H groups in total. The average Bonchev–Trinajstić information content (AvgIpc) is 2.02. The van der Waals surface area contributed by atoms with Crippen molar-refractivity contribution in [3.8, 4) is 0 Å². The van der Waals surface area contributed by atoms with Gasteiger partial charge in [0.05, 0.1) is 6.61 Å². The number of hydrogen-bond acceptors (Lipinski definition) is 3. The van der Waals surface area contributed by atoms with E-state index in [1.807, 2.05) is 27.7 Å². The molecular formula is C9H20N3O2+. The monoisotopic (exact) mass is 202 g/mol. The van der Waals surface area contributed by atoms with Gasteiger partial charge in [-0.3, -0.25) is 0 Å². The molecule has 0 aromatic carbocycles. The van der Waals surface area contributed by atoms with E-state index in [4.69, 9.17) is 4.74 Å². The van der Waals surface area contributed by atoms with Gasteiger partial charge in [-0.05, 0) is 25.9 Å². The Hall–Kier alpha value is -1.13. The number of hydrazine groups is 1. The van der Waals surface area contributed by atoms with E-state index in [1.54, 1.807) is 6.92 Å². The van der Waals surface area contributed by atoms with E-state index < -0.39 is 6.09 Å². The fourth-order valence-electron chi connectivity index (χ4n) is 0.797. The molecule has 0 aromatic heterocycles. The van der Waals surface area contributed by atoms with Gasteiger partial charge in [-0.2, -0.15) is 0 Å². The molecule has 0 heterocycles. The molecule has 5 heteroatoms. The summed E-state index contributed by atoms with van der Waals surface area (Å²) in [6.45, 7) is 9.90. The van der Waals surface area contributed by atoms with Crippen LogP contribution in [0.15, 0.2) is 5.11 Å². The first-order valence-electron chi connectivity index (χ1n) is 4.90. The van der Waals surface area contributed by atoms with Crippen molar-refractivity contribution in [2.45, 2.75) is 46.7 Å². The molecular weight excluding hydrogens is 182 g/mol. The molecule has 0 aliphatic rings. The lowest BCUT2D eigenvalue weighted by Gasteiger charge is -2.05. The van der Waals surface area contributed by atoms with Crippen molar-refractivity contribution in [1.82, 2.24) is 5.43 Å². The standard InChI is InChI=1S/C9H19N3O2/c1-6-14-9(13)11-12(8(4)5)10-7(2)3/h7-8H,6H2,1-5H3/p+1. The maximum absolute atomic E-state index is 11.1. The van der Waals surface area contributed by atoms with Gasteiger partial charge in [0.15, 0.2) is 0 Å². The van der Waals surface area contributed by atoms with E-state index in [9.17, 15) is 4.79 Å². The Balaban J connectivity index is 4.31. The number of ether oxygens (including phenoxy) is 1. The minimum Gasteiger partial charge on any atom is -0.446 e. The van der Waals surface area contributed by atoms with Crippen molar-refractivity contribution in [1.29, 1.82) is 0 Å². The van der Waals surface area contributed by atoms with E-state index in [-0.39, 0.29) is 12.1 Å². The van der Waals surface area contributed by atoms with E-state index in [0.717, 1.165) is 0 Å². The third-order valence-electron chi connectivity index (χ3n) is 1.33. The van der Waals surface area contributed by atoms with Crippen LogP contribution in [0.2, 0.25) is 0 Å². The minimum absolute atomic E-state index is 0.113. The van der Waals surface area contributed by atoms with Crippen molar-refractivity contribution < 1.29 is 14.3 Å². The largest absolute Gasteiger partial charge is 0.462 e. The van der Waals surface area contributed by atoms with Gasteiger partial charge in [-0.25, -0.2) is 4.79 Å². The van der Waals surface area contributed by atoms with E-state index in [0.29, 0.717) is 6.61 Å². The average molecular weight is 202 g/mol. The van der Waals surface area contributed by atoms with Crippen molar-refractivity contribution >= 4 is 6.09 Å². The van der Waals surface area contributed by atoms with Crippen LogP contribution in [0.1, 0.15) is 34.6 Å². The summed E-state index contributed by atoms with van der Waals surface area (Å²) in [7, 11) is 0. The third-order valence-corrected chi connectivity index (χ3v) is 1.33. The smallest absolute Gasteiger partial charge is 0.446 e. The van der Waals surface area contributed by atoms with Gasteiger partial charge in [0.1, 0.15) is 6.04 Å². The summed E-state index contributed by atoms with van der Waals surface area (Å²) in [4.78, 5) is 12.6. The number of carbonyl (C=O) groups excluding carboxylic acids is 1. The van der Waals surface area contributed by atoms with E-state index in [1.165, 1.54) is 4.81 Å². The molecule has 0 radical (unpaired) electrons. The summed E-state index contributed by atoms with van der Waals surface area (Å²) in [5.41, 5.74) is 2.55. The Bertz CT molecular complexity index is 212. The van der Waals surface area contributed by atoms with Crippen LogP contribution >= 0.6 is 0 Å². The molecule has 0 saturated heterocycles. The number of amides is 1. The Kier molecular flexibility index (Phi) is 5.83. The second-order valence-electron chi connectivity index (χ2n) is 3.48. The summed E-state index contributed by atoms with van der Waals surface area (Å²) in [5, 5.41) is 4.22. The molecule has 82 valence electrons. The summed E-state index contributed by atoms with van der Waals surface area (Å²) < 4.78 is 4.75. The Morgan fingerprint density at radius 1 is 1.43 bits per heavy atom. The van der Waals surface area contributed by atoms with Crippen LogP contribution < -0.4 is 5.43 Å². The lowest BCUT2D eigenvalue weighted by Crippen LogP contribution is -2.39. The minimum atomic E-state index is -0.467. The number of nitrogens with one attached hydrogen (secondary N) is 1. The van der Waals surface area contributed by atoms with Crippen LogP contribution in [-0.4, -0.2) is 29.6 Å². The first-order valence-corrected chi connectivity index (χ1v) is 4.90. The number of carbonyl (C=O) groups is 1. The molecule has 14 heavy (non-hydrogen) atoms. The Morgan fingerprint density at radius 2 is 2.00 bits per heavy atom. The lowest BCUT2D eigenvalue weighted by molar-refractivity contribution is -0.666. The number of rotatable bonds is 4. The highest BCUT2D eigenvalue weighted by Gasteiger charge is 2.17. The quantitative estimate of drug-likeness (QED) is 0.430. The van der Waals surface area contributed by atoms with Crippen LogP contribution in [0.25, 0.3) is 0 Å². The van der Waals surface area contributed by atoms with Gasteiger partial charge in [0.2, 0.25) is 6.04 Å². The van der Waals surface area contributed by atoms with Crippen molar-refractivity contribution in [3.05, 3.63) is 0 Å². The molecule has 0 bridgehead atoms. The summed E-state index contributed by atoms with van der Waals surface area (Å²) in [6, 6.07) is 0.251. The zero-order chi connectivity index (χ0) is 11.1. The van der Waals surface area contributed by atoms with Gasteiger partial charge in [0.25, 0.3) is 0 Å². The highest BCUT2D eigenvalue weighted by Crippen LogP contribution is 1.93. The van der Waals surface area contributed by atoms with Gasteiger partial charge in [0, 0.05) is 18.7 Å². The molecule has 1 amide bonds. The van der Waals surface area contributed by atoms with Crippen molar-refractivity contribution in [3.63, 3.8) is 0 Å². The molecule has 5 nitrogen and oxygen atoms in total. The third kappa shape index (κ3) is 5.50. The predicted molar refractivity (Wildman–Crippen MR) is 53.1 cm³/mol. The van der Waals surface area contributed by atoms with Gasteiger partial charge < -0.3 is 4.74 Å². The summed E-state index contributed by atoms with van der Waals surface area (Å²) in [6.07, 6.45) is -0.467. The maximum Gasteiger partial charge on any atom is 0.462 e. The highest BCUT2D eigenvalue weighted by atomic mass is 16.6. The lowest BCUT2D eigenvalue weighted by atomic mass is 10.4. The number of hydrogen-bond donors (Lipinski definition) is 1. The van der Waals surface area contributed by atoms with Crippen LogP contribution in [-0.2, 0) is 4.74 Å². The number of azo groups is 1. The fourth-order valence-corrected chi connectivity index (χ4v) is 0.797. The number of nitrogens with zero attached hydrogens (tertiary/aromatic N) is 2. The van der Waals surface area contributed by atoms with Gasteiger partial charge in [-0.1, -0.05) is 5.43 Å². The van der Waals surface area contributed by atoms with E-state index in [2.05, 4.69) is 10.5 Å².